The third kappa shape index (κ3) is 2.65. The maximum atomic E-state index is 12.0. The molecule has 0 aliphatic heterocycles. The van der Waals surface area contributed by atoms with E-state index in [1.165, 1.54) is 11.3 Å². The summed E-state index contributed by atoms with van der Waals surface area (Å²) in [4.78, 5) is 0.682. The molecule has 0 bridgehead atoms. The van der Waals surface area contributed by atoms with Crippen LogP contribution in [0.25, 0.3) is 0 Å². The van der Waals surface area contributed by atoms with E-state index in [-0.39, 0.29) is 4.90 Å². The molecule has 1 aromatic heterocycles. The van der Waals surface area contributed by atoms with E-state index in [9.17, 15) is 8.42 Å². The van der Waals surface area contributed by atoms with Crippen molar-refractivity contribution in [1.29, 1.82) is 0 Å². The quantitative estimate of drug-likeness (QED) is 0.832. The van der Waals surface area contributed by atoms with E-state index in [2.05, 4.69) is 4.40 Å². The van der Waals surface area contributed by atoms with Gasteiger partial charge in [-0.15, -0.1) is 15.7 Å². The first-order chi connectivity index (χ1) is 7.99. The predicted octanol–water partition coefficient (Wildman–Crippen LogP) is 1.68. The first kappa shape index (κ1) is 12.1. The van der Waals surface area contributed by atoms with Gasteiger partial charge in [0.1, 0.15) is 0 Å². The minimum Gasteiger partial charge on any atom is -0.326 e. The molecule has 0 unspecified atom stereocenters. The van der Waals surface area contributed by atoms with Crippen LogP contribution in [0.5, 0.6) is 0 Å². The fraction of sp³-hybridized carbons (Fsp3) is 0.182. The first-order valence-electron chi connectivity index (χ1n) is 4.97. The van der Waals surface area contributed by atoms with Crippen LogP contribution in [0.4, 0.5) is 0 Å². The maximum Gasteiger partial charge on any atom is 0.285 e. The molecule has 0 spiro atoms. The van der Waals surface area contributed by atoms with Gasteiger partial charge in [0.25, 0.3) is 10.0 Å². The van der Waals surface area contributed by atoms with Crippen molar-refractivity contribution in [3.8, 4) is 0 Å². The Kier molecular flexibility index (Phi) is 3.17. The minimum absolute atomic E-state index is 0.219. The van der Waals surface area contributed by atoms with Crippen LogP contribution in [-0.2, 0) is 17.1 Å². The lowest BCUT2D eigenvalue weighted by molar-refractivity contribution is 0.596. The molecule has 0 amide bonds. The van der Waals surface area contributed by atoms with Crippen molar-refractivity contribution in [2.45, 2.75) is 11.8 Å². The molecule has 0 N–H and O–H groups in total. The Morgan fingerprint density at radius 3 is 2.41 bits per heavy atom. The predicted molar refractivity (Wildman–Crippen MR) is 67.2 cm³/mol. The lowest BCUT2D eigenvalue weighted by Gasteiger charge is -1.98. The van der Waals surface area contributed by atoms with Crippen LogP contribution in [0.2, 0.25) is 0 Å². The molecule has 0 radical (unpaired) electrons. The zero-order chi connectivity index (χ0) is 12.5. The average Bonchev–Trinajstić information content (AvgIpc) is 2.64. The van der Waals surface area contributed by atoms with Crippen molar-refractivity contribution < 1.29 is 8.42 Å². The molecule has 2 aromatic rings. The molecule has 0 aliphatic rings. The van der Waals surface area contributed by atoms with Crippen LogP contribution in [0, 0.1) is 6.92 Å². The van der Waals surface area contributed by atoms with Crippen LogP contribution >= 0.6 is 11.3 Å². The highest BCUT2D eigenvalue weighted by molar-refractivity contribution is 7.90. The number of rotatable bonds is 2. The summed E-state index contributed by atoms with van der Waals surface area (Å²) < 4.78 is 29.5. The molecule has 1 aromatic carbocycles. The van der Waals surface area contributed by atoms with E-state index in [1.807, 2.05) is 6.92 Å². The fourth-order valence-electron chi connectivity index (χ4n) is 1.28. The number of benzene rings is 1. The van der Waals surface area contributed by atoms with Gasteiger partial charge < -0.3 is 4.57 Å². The molecule has 0 atom stereocenters. The van der Waals surface area contributed by atoms with E-state index in [1.54, 1.807) is 47.5 Å². The Morgan fingerprint density at radius 2 is 1.88 bits per heavy atom. The molecule has 17 heavy (non-hydrogen) atoms. The summed E-state index contributed by atoms with van der Waals surface area (Å²) >= 11 is 1.29. The first-order valence-corrected chi connectivity index (χ1v) is 7.29. The number of hydrogen-bond acceptors (Lipinski definition) is 3. The van der Waals surface area contributed by atoms with Gasteiger partial charge in [0, 0.05) is 18.6 Å². The van der Waals surface area contributed by atoms with Gasteiger partial charge in [0.15, 0.2) is 0 Å². The van der Waals surface area contributed by atoms with Crippen LogP contribution in [-0.4, -0.2) is 13.0 Å². The van der Waals surface area contributed by atoms with Gasteiger partial charge >= 0.3 is 0 Å². The molecule has 6 heteroatoms. The normalized spacial score (nSPS) is 12.9. The summed E-state index contributed by atoms with van der Waals surface area (Å²) in [5.41, 5.74) is 1.02. The van der Waals surface area contributed by atoms with Gasteiger partial charge in [-0.25, -0.2) is 0 Å². The van der Waals surface area contributed by atoms with Crippen molar-refractivity contribution in [2.24, 2.45) is 11.4 Å². The molecular formula is C11H12N2O2S2. The summed E-state index contributed by atoms with van der Waals surface area (Å²) in [5, 5.41) is 1.80. The van der Waals surface area contributed by atoms with E-state index in [0.717, 1.165) is 5.56 Å². The number of sulfonamides is 1. The van der Waals surface area contributed by atoms with E-state index >= 15 is 0 Å². The number of nitrogens with zero attached hydrogens (tertiary/aromatic N) is 2. The zero-order valence-corrected chi connectivity index (χ0v) is 11.1. The van der Waals surface area contributed by atoms with Crippen molar-refractivity contribution in [2.75, 3.05) is 0 Å². The van der Waals surface area contributed by atoms with Gasteiger partial charge in [0.2, 0.25) is 4.80 Å². The van der Waals surface area contributed by atoms with Gasteiger partial charge in [-0.2, -0.15) is 8.42 Å². The topological polar surface area (TPSA) is 51.4 Å². The van der Waals surface area contributed by atoms with Gasteiger partial charge in [-0.05, 0) is 19.1 Å². The molecule has 1 heterocycles. The van der Waals surface area contributed by atoms with Crippen LogP contribution < -0.4 is 4.80 Å². The standard InChI is InChI=1S/C11H12N2O2S2/c1-9-3-5-10(6-4-9)17(14,15)12-11-13(2)7-8-16-11/h3-8H,1-2H3. The largest absolute Gasteiger partial charge is 0.326 e. The second-order valence-corrected chi connectivity index (χ2v) is 6.15. The monoisotopic (exact) mass is 268 g/mol. The van der Waals surface area contributed by atoms with Crippen LogP contribution in [0.3, 0.4) is 0 Å². The van der Waals surface area contributed by atoms with Crippen molar-refractivity contribution in [3.63, 3.8) is 0 Å². The Labute approximate surface area is 104 Å². The Morgan fingerprint density at radius 1 is 1.24 bits per heavy atom. The number of thiazole rings is 1. The van der Waals surface area contributed by atoms with Crippen molar-refractivity contribution in [1.82, 2.24) is 4.57 Å². The number of hydrogen-bond donors (Lipinski definition) is 0. The van der Waals surface area contributed by atoms with Crippen LogP contribution in [0.1, 0.15) is 5.56 Å². The summed E-state index contributed by atoms with van der Waals surface area (Å²) in [6.07, 6.45) is 1.77. The molecule has 0 fully saturated rings. The van der Waals surface area contributed by atoms with Crippen molar-refractivity contribution >= 4 is 21.4 Å². The van der Waals surface area contributed by atoms with E-state index in [4.69, 9.17) is 0 Å². The maximum absolute atomic E-state index is 12.0. The molecular weight excluding hydrogens is 256 g/mol. The lowest BCUT2D eigenvalue weighted by atomic mass is 10.2. The molecule has 2 rings (SSSR count). The van der Waals surface area contributed by atoms with Gasteiger partial charge in [-0.3, -0.25) is 0 Å². The smallest absolute Gasteiger partial charge is 0.285 e. The fourth-order valence-corrected chi connectivity index (χ4v) is 3.26. The van der Waals surface area contributed by atoms with Crippen molar-refractivity contribution in [3.05, 3.63) is 46.2 Å². The number of aromatic nitrogens is 1. The average molecular weight is 268 g/mol. The second kappa shape index (κ2) is 4.46. The number of aryl methyl sites for hydroxylation is 2. The van der Waals surface area contributed by atoms with Gasteiger partial charge in [0.05, 0.1) is 4.90 Å². The molecule has 4 nitrogen and oxygen atoms in total. The van der Waals surface area contributed by atoms with E-state index in [0.29, 0.717) is 4.80 Å². The summed E-state index contributed by atoms with van der Waals surface area (Å²) in [5.74, 6) is 0. The third-order valence-electron chi connectivity index (χ3n) is 2.28. The molecule has 0 saturated carbocycles. The van der Waals surface area contributed by atoms with Gasteiger partial charge in [-0.1, -0.05) is 17.7 Å². The second-order valence-electron chi connectivity index (χ2n) is 3.68. The summed E-state index contributed by atoms with van der Waals surface area (Å²) in [6.45, 7) is 1.91. The molecule has 0 saturated heterocycles. The Bertz CT molecular complexity index is 679. The Hall–Kier alpha value is -1.40. The zero-order valence-electron chi connectivity index (χ0n) is 9.49. The SMILES string of the molecule is Cc1ccc(S(=O)(=O)N=c2sccn2C)cc1. The highest BCUT2D eigenvalue weighted by Crippen LogP contribution is 2.12. The molecule has 90 valence electrons. The van der Waals surface area contributed by atoms with Crippen LogP contribution in [0.15, 0.2) is 45.1 Å². The minimum atomic E-state index is -3.61. The molecule has 0 aliphatic carbocycles. The lowest BCUT2D eigenvalue weighted by Crippen LogP contribution is -2.12. The highest BCUT2D eigenvalue weighted by atomic mass is 32.2. The van der Waals surface area contributed by atoms with E-state index < -0.39 is 10.0 Å². The summed E-state index contributed by atoms with van der Waals surface area (Å²) in [7, 11) is -1.84. The highest BCUT2D eigenvalue weighted by Gasteiger charge is 2.12. The Balaban J connectivity index is 2.52. The summed E-state index contributed by atoms with van der Waals surface area (Å²) in [6, 6.07) is 6.66. The third-order valence-corrected chi connectivity index (χ3v) is 4.52.